The standard InChI is InChI=1S/C8H15N3O2S2/c1-6(9-3)4-11-15(12,13)8-5-10-7(2)14-8/h5-6,9,11H,4H2,1-3H3. The summed E-state index contributed by atoms with van der Waals surface area (Å²) in [4.78, 5) is 3.91. The number of thiazole rings is 1. The van der Waals surface area contributed by atoms with Crippen LogP contribution in [0.15, 0.2) is 10.4 Å². The number of likely N-dealkylation sites (N-methyl/N-ethyl adjacent to an activating group) is 1. The minimum atomic E-state index is -3.38. The molecule has 0 fully saturated rings. The molecule has 1 unspecified atom stereocenters. The summed E-state index contributed by atoms with van der Waals surface area (Å²) in [6.07, 6.45) is 1.38. The third-order valence-corrected chi connectivity index (χ3v) is 4.73. The molecule has 1 atom stereocenters. The van der Waals surface area contributed by atoms with E-state index in [0.29, 0.717) is 6.54 Å². The molecule has 0 bridgehead atoms. The number of aryl methyl sites for hydroxylation is 1. The lowest BCUT2D eigenvalue weighted by Crippen LogP contribution is -2.36. The molecule has 1 heterocycles. The molecule has 0 aliphatic rings. The molecule has 0 amide bonds. The van der Waals surface area contributed by atoms with Crippen LogP contribution in [0.2, 0.25) is 0 Å². The maximum atomic E-state index is 11.7. The molecule has 86 valence electrons. The number of hydrogen-bond acceptors (Lipinski definition) is 5. The highest BCUT2D eigenvalue weighted by atomic mass is 32.2. The van der Waals surface area contributed by atoms with Gasteiger partial charge in [-0.25, -0.2) is 18.1 Å². The van der Waals surface area contributed by atoms with E-state index < -0.39 is 10.0 Å². The molecular weight excluding hydrogens is 234 g/mol. The summed E-state index contributed by atoms with van der Waals surface area (Å²) >= 11 is 1.17. The van der Waals surface area contributed by atoms with Gasteiger partial charge in [-0.2, -0.15) is 0 Å². The Morgan fingerprint density at radius 1 is 1.60 bits per heavy atom. The molecular formula is C8H15N3O2S2. The second kappa shape index (κ2) is 5.02. The van der Waals surface area contributed by atoms with Crippen molar-refractivity contribution in [2.45, 2.75) is 24.1 Å². The summed E-state index contributed by atoms with van der Waals surface area (Å²) < 4.78 is 26.2. The molecule has 0 aliphatic carbocycles. The van der Waals surface area contributed by atoms with Gasteiger partial charge in [0.05, 0.1) is 11.2 Å². The summed E-state index contributed by atoms with van der Waals surface area (Å²) in [5.74, 6) is 0. The highest BCUT2D eigenvalue weighted by molar-refractivity contribution is 7.91. The van der Waals surface area contributed by atoms with Gasteiger partial charge in [-0.05, 0) is 20.9 Å². The average molecular weight is 249 g/mol. The lowest BCUT2D eigenvalue weighted by Gasteiger charge is -2.10. The summed E-state index contributed by atoms with van der Waals surface area (Å²) in [6.45, 7) is 4.05. The van der Waals surface area contributed by atoms with Crippen LogP contribution in [0.3, 0.4) is 0 Å². The van der Waals surface area contributed by atoms with E-state index in [4.69, 9.17) is 0 Å². The van der Waals surface area contributed by atoms with Crippen LogP contribution < -0.4 is 10.0 Å². The van der Waals surface area contributed by atoms with E-state index in [9.17, 15) is 8.42 Å². The predicted octanol–water partition coefficient (Wildman–Crippen LogP) is 0.338. The molecule has 1 aromatic rings. The van der Waals surface area contributed by atoms with Crippen molar-refractivity contribution < 1.29 is 8.42 Å². The molecule has 5 nitrogen and oxygen atoms in total. The Morgan fingerprint density at radius 3 is 2.73 bits per heavy atom. The van der Waals surface area contributed by atoms with Crippen molar-refractivity contribution in [3.05, 3.63) is 11.2 Å². The van der Waals surface area contributed by atoms with Crippen LogP contribution >= 0.6 is 11.3 Å². The molecule has 0 saturated carbocycles. The Morgan fingerprint density at radius 2 is 2.27 bits per heavy atom. The van der Waals surface area contributed by atoms with Crippen LogP contribution in [-0.2, 0) is 10.0 Å². The summed E-state index contributed by atoms with van der Waals surface area (Å²) in [5.41, 5.74) is 0. The van der Waals surface area contributed by atoms with Crippen LogP contribution in [0.5, 0.6) is 0 Å². The number of rotatable bonds is 5. The van der Waals surface area contributed by atoms with Gasteiger partial charge in [-0.3, -0.25) is 0 Å². The van der Waals surface area contributed by atoms with E-state index in [1.165, 1.54) is 17.5 Å². The van der Waals surface area contributed by atoms with E-state index in [-0.39, 0.29) is 10.3 Å². The first-order valence-corrected chi connectivity index (χ1v) is 6.85. The molecule has 0 radical (unpaired) electrons. The number of hydrogen-bond donors (Lipinski definition) is 2. The lowest BCUT2D eigenvalue weighted by atomic mass is 10.4. The van der Waals surface area contributed by atoms with Crippen LogP contribution in [0.4, 0.5) is 0 Å². The molecule has 1 aromatic heterocycles. The van der Waals surface area contributed by atoms with Gasteiger partial charge >= 0.3 is 0 Å². The first-order valence-electron chi connectivity index (χ1n) is 4.55. The minimum Gasteiger partial charge on any atom is -0.316 e. The Bertz CT molecular complexity index is 413. The van der Waals surface area contributed by atoms with E-state index in [0.717, 1.165) is 5.01 Å². The van der Waals surface area contributed by atoms with E-state index >= 15 is 0 Å². The van der Waals surface area contributed by atoms with Crippen LogP contribution in [0, 0.1) is 6.92 Å². The van der Waals surface area contributed by atoms with E-state index in [1.54, 1.807) is 14.0 Å². The summed E-state index contributed by atoms with van der Waals surface area (Å²) in [5, 5.41) is 3.70. The third-order valence-electron chi connectivity index (χ3n) is 1.94. The Kier molecular flexibility index (Phi) is 4.21. The zero-order valence-electron chi connectivity index (χ0n) is 8.94. The number of nitrogens with zero attached hydrogens (tertiary/aromatic N) is 1. The number of sulfonamides is 1. The van der Waals surface area contributed by atoms with Crippen molar-refractivity contribution in [2.75, 3.05) is 13.6 Å². The van der Waals surface area contributed by atoms with Gasteiger partial charge in [0.2, 0.25) is 0 Å². The fourth-order valence-electron chi connectivity index (χ4n) is 0.874. The second-order valence-corrected chi connectivity index (χ2v) is 6.47. The fourth-order valence-corrected chi connectivity index (χ4v) is 3.16. The quantitative estimate of drug-likeness (QED) is 0.789. The van der Waals surface area contributed by atoms with Gasteiger partial charge < -0.3 is 5.32 Å². The second-order valence-electron chi connectivity index (χ2n) is 3.24. The molecule has 0 aliphatic heterocycles. The van der Waals surface area contributed by atoms with Crippen LogP contribution in [0.1, 0.15) is 11.9 Å². The van der Waals surface area contributed by atoms with Gasteiger partial charge in [0, 0.05) is 12.6 Å². The zero-order chi connectivity index (χ0) is 11.5. The topological polar surface area (TPSA) is 71.1 Å². The molecule has 0 saturated heterocycles. The van der Waals surface area contributed by atoms with Crippen molar-refractivity contribution in [1.82, 2.24) is 15.0 Å². The zero-order valence-corrected chi connectivity index (χ0v) is 10.6. The van der Waals surface area contributed by atoms with Crippen molar-refractivity contribution >= 4 is 21.4 Å². The Hall–Kier alpha value is -0.500. The van der Waals surface area contributed by atoms with Crippen molar-refractivity contribution in [3.63, 3.8) is 0 Å². The summed E-state index contributed by atoms with van der Waals surface area (Å²) in [7, 11) is -1.59. The maximum Gasteiger partial charge on any atom is 0.251 e. The first kappa shape index (κ1) is 12.6. The summed E-state index contributed by atoms with van der Waals surface area (Å²) in [6, 6.07) is 0.105. The molecule has 1 rings (SSSR count). The predicted molar refractivity (Wildman–Crippen MR) is 60.6 cm³/mol. The highest BCUT2D eigenvalue weighted by Crippen LogP contribution is 2.17. The Balaban J connectivity index is 2.68. The monoisotopic (exact) mass is 249 g/mol. The molecule has 0 aromatic carbocycles. The van der Waals surface area contributed by atoms with Crippen molar-refractivity contribution in [2.24, 2.45) is 0 Å². The SMILES string of the molecule is CNC(C)CNS(=O)(=O)c1cnc(C)s1. The van der Waals surface area contributed by atoms with Gasteiger partial charge in [-0.15, -0.1) is 11.3 Å². The van der Waals surface area contributed by atoms with Crippen LogP contribution in [0.25, 0.3) is 0 Å². The maximum absolute atomic E-state index is 11.7. The van der Waals surface area contributed by atoms with Crippen molar-refractivity contribution in [1.29, 1.82) is 0 Å². The van der Waals surface area contributed by atoms with Crippen molar-refractivity contribution in [3.8, 4) is 0 Å². The molecule has 0 spiro atoms. The van der Waals surface area contributed by atoms with Gasteiger partial charge in [0.15, 0.2) is 4.21 Å². The van der Waals surface area contributed by atoms with Gasteiger partial charge in [-0.1, -0.05) is 0 Å². The minimum absolute atomic E-state index is 0.105. The van der Waals surface area contributed by atoms with Gasteiger partial charge in [0.25, 0.3) is 10.0 Å². The lowest BCUT2D eigenvalue weighted by molar-refractivity contribution is 0.555. The highest BCUT2D eigenvalue weighted by Gasteiger charge is 2.17. The van der Waals surface area contributed by atoms with Crippen LogP contribution in [-0.4, -0.2) is 33.0 Å². The molecule has 15 heavy (non-hydrogen) atoms. The average Bonchev–Trinajstić information content (AvgIpc) is 2.62. The first-order chi connectivity index (χ1) is 6.95. The fraction of sp³-hybridized carbons (Fsp3) is 0.625. The van der Waals surface area contributed by atoms with E-state index in [1.807, 2.05) is 6.92 Å². The Labute approximate surface area is 94.0 Å². The normalized spacial score (nSPS) is 14.1. The largest absolute Gasteiger partial charge is 0.316 e. The van der Waals surface area contributed by atoms with Gasteiger partial charge in [0.1, 0.15) is 0 Å². The number of aromatic nitrogens is 1. The number of nitrogens with one attached hydrogen (secondary N) is 2. The molecule has 2 N–H and O–H groups in total. The molecule has 7 heteroatoms. The third kappa shape index (κ3) is 3.53. The smallest absolute Gasteiger partial charge is 0.251 e. The van der Waals surface area contributed by atoms with E-state index in [2.05, 4.69) is 15.0 Å².